The average Bonchev–Trinajstić information content (AvgIpc) is 3.51. The summed E-state index contributed by atoms with van der Waals surface area (Å²) in [5.74, 6) is -0.523. The number of nitrogens with zero attached hydrogens (tertiary/aromatic N) is 4. The minimum absolute atomic E-state index is 0.283. The molecule has 0 unspecified atom stereocenters. The zero-order valence-electron chi connectivity index (χ0n) is 19.2. The molecule has 34 heavy (non-hydrogen) atoms. The molecular weight excluding hydrogens is 450 g/mol. The fraction of sp³-hybridized carbons (Fsp3) is 0.320. The maximum Gasteiger partial charge on any atom is 0.274 e. The van der Waals surface area contributed by atoms with E-state index in [9.17, 15) is 4.79 Å². The first-order valence-electron chi connectivity index (χ1n) is 11.2. The smallest absolute Gasteiger partial charge is 0.274 e. The van der Waals surface area contributed by atoms with Crippen LogP contribution in [0.25, 0.3) is 17.0 Å². The number of ether oxygens (including phenoxy) is 1. The van der Waals surface area contributed by atoms with E-state index in [1.54, 1.807) is 28.9 Å². The first kappa shape index (κ1) is 22.7. The lowest BCUT2D eigenvalue weighted by molar-refractivity contribution is 0.0629. The summed E-state index contributed by atoms with van der Waals surface area (Å²) in [5.41, 5.74) is 6.89. The number of amides is 1. The molecule has 176 valence electrons. The molecule has 0 atom stereocenters. The minimum atomic E-state index is -0.523. The number of pyridine rings is 1. The predicted molar refractivity (Wildman–Crippen MR) is 130 cm³/mol. The quantitative estimate of drug-likeness (QED) is 0.325. The Morgan fingerprint density at radius 1 is 1.24 bits per heavy atom. The third-order valence-corrected chi connectivity index (χ3v) is 7.45. The SMILES string of the molecule is CN(C)Cc1ccn2c(-c3csc(C4(c5ccc(C(=O)NO)cc5)CCOCC4)n3)cnc2c1. The fourth-order valence-electron chi connectivity index (χ4n) is 4.64. The second kappa shape index (κ2) is 9.27. The first-order chi connectivity index (χ1) is 16.5. The van der Waals surface area contributed by atoms with Crippen molar-refractivity contribution in [3.63, 3.8) is 0 Å². The van der Waals surface area contributed by atoms with E-state index < -0.39 is 5.91 Å². The molecule has 1 saturated heterocycles. The van der Waals surface area contributed by atoms with Gasteiger partial charge in [-0.25, -0.2) is 15.4 Å². The number of hydrogen-bond donors (Lipinski definition) is 2. The van der Waals surface area contributed by atoms with Crippen molar-refractivity contribution in [2.24, 2.45) is 0 Å². The molecule has 1 amide bonds. The van der Waals surface area contributed by atoms with Gasteiger partial charge in [-0.2, -0.15) is 0 Å². The Balaban J connectivity index is 1.51. The van der Waals surface area contributed by atoms with Crippen molar-refractivity contribution in [1.29, 1.82) is 0 Å². The van der Waals surface area contributed by atoms with Gasteiger partial charge in [-0.05, 0) is 62.3 Å². The van der Waals surface area contributed by atoms with Crippen LogP contribution in [0.2, 0.25) is 0 Å². The van der Waals surface area contributed by atoms with E-state index in [4.69, 9.17) is 14.9 Å². The maximum absolute atomic E-state index is 11.8. The number of carbonyl (C=O) groups excluding carboxylic acids is 1. The molecule has 0 spiro atoms. The summed E-state index contributed by atoms with van der Waals surface area (Å²) < 4.78 is 7.76. The first-order valence-corrected chi connectivity index (χ1v) is 12.1. The van der Waals surface area contributed by atoms with Gasteiger partial charge in [0.1, 0.15) is 10.7 Å². The van der Waals surface area contributed by atoms with E-state index in [0.717, 1.165) is 47.0 Å². The van der Waals surface area contributed by atoms with E-state index >= 15 is 0 Å². The maximum atomic E-state index is 11.8. The van der Waals surface area contributed by atoms with E-state index in [1.165, 1.54) is 5.56 Å². The van der Waals surface area contributed by atoms with Crippen LogP contribution in [0, 0.1) is 0 Å². The van der Waals surface area contributed by atoms with Gasteiger partial charge in [-0.3, -0.25) is 14.4 Å². The van der Waals surface area contributed by atoms with Gasteiger partial charge in [0.2, 0.25) is 0 Å². The number of nitrogens with one attached hydrogen (secondary N) is 1. The van der Waals surface area contributed by atoms with Crippen LogP contribution in [0.15, 0.2) is 54.2 Å². The highest BCUT2D eigenvalue weighted by molar-refractivity contribution is 7.10. The summed E-state index contributed by atoms with van der Waals surface area (Å²) >= 11 is 1.65. The number of fused-ring (bicyclic) bond motifs is 1. The molecule has 2 N–H and O–H groups in total. The number of aromatic nitrogens is 3. The van der Waals surface area contributed by atoms with Crippen LogP contribution in [0.4, 0.5) is 0 Å². The van der Waals surface area contributed by atoms with Crippen LogP contribution < -0.4 is 5.48 Å². The average molecular weight is 478 g/mol. The van der Waals surface area contributed by atoms with Gasteiger partial charge >= 0.3 is 0 Å². The number of benzene rings is 1. The monoisotopic (exact) mass is 477 g/mol. The van der Waals surface area contributed by atoms with Crippen molar-refractivity contribution >= 4 is 22.9 Å². The van der Waals surface area contributed by atoms with Gasteiger partial charge in [-0.1, -0.05) is 12.1 Å². The summed E-state index contributed by atoms with van der Waals surface area (Å²) in [6.45, 7) is 2.17. The summed E-state index contributed by atoms with van der Waals surface area (Å²) in [4.78, 5) is 23.6. The molecule has 9 heteroatoms. The number of thiazole rings is 1. The molecule has 1 aromatic carbocycles. The van der Waals surface area contributed by atoms with Crippen LogP contribution in [-0.2, 0) is 16.7 Å². The predicted octanol–water partition coefficient (Wildman–Crippen LogP) is 3.73. The topological polar surface area (TPSA) is 92.0 Å². The van der Waals surface area contributed by atoms with E-state index in [2.05, 4.69) is 52.1 Å². The molecule has 0 saturated carbocycles. The molecule has 4 aromatic rings. The van der Waals surface area contributed by atoms with Gasteiger partial charge in [0.15, 0.2) is 0 Å². The van der Waals surface area contributed by atoms with Crippen LogP contribution in [-0.4, -0.2) is 57.7 Å². The Morgan fingerprint density at radius 3 is 2.71 bits per heavy atom. The zero-order valence-corrected chi connectivity index (χ0v) is 20.0. The van der Waals surface area contributed by atoms with Crippen molar-refractivity contribution in [1.82, 2.24) is 24.7 Å². The lowest BCUT2D eigenvalue weighted by Crippen LogP contribution is -2.35. The zero-order chi connectivity index (χ0) is 23.7. The lowest BCUT2D eigenvalue weighted by atomic mass is 9.74. The van der Waals surface area contributed by atoms with Gasteiger partial charge in [0.25, 0.3) is 5.91 Å². The number of rotatable bonds is 6. The van der Waals surface area contributed by atoms with Crippen molar-refractivity contribution in [2.45, 2.75) is 24.8 Å². The standard InChI is InChI=1S/C25H27N5O3S/c1-29(2)15-17-7-10-30-21(14-26-22(30)13-17)20-16-34-24(27-20)25(8-11-33-12-9-25)19-5-3-18(4-6-19)23(31)28-32/h3-7,10,13-14,16,32H,8-9,11-12,15H2,1-2H3,(H,28,31). The Bertz CT molecular complexity index is 1310. The third kappa shape index (κ3) is 4.12. The molecular formula is C25H27N5O3S. The molecule has 0 bridgehead atoms. The van der Waals surface area contributed by atoms with Crippen molar-refractivity contribution < 1.29 is 14.7 Å². The fourth-order valence-corrected chi connectivity index (χ4v) is 5.73. The molecule has 1 aliphatic rings. The highest BCUT2D eigenvalue weighted by Gasteiger charge is 2.39. The Morgan fingerprint density at radius 2 is 2.00 bits per heavy atom. The molecule has 0 aliphatic carbocycles. The molecule has 1 fully saturated rings. The van der Waals surface area contributed by atoms with E-state index in [0.29, 0.717) is 18.8 Å². The summed E-state index contributed by atoms with van der Waals surface area (Å²) in [6.07, 6.45) is 5.57. The second-order valence-electron chi connectivity index (χ2n) is 8.90. The number of hydroxylamine groups is 1. The van der Waals surface area contributed by atoms with Gasteiger partial charge < -0.3 is 9.64 Å². The Kier molecular flexibility index (Phi) is 6.18. The van der Waals surface area contributed by atoms with Crippen LogP contribution in [0.5, 0.6) is 0 Å². The van der Waals surface area contributed by atoms with Crippen molar-refractivity contribution in [2.75, 3.05) is 27.3 Å². The van der Waals surface area contributed by atoms with Crippen molar-refractivity contribution in [3.05, 3.63) is 75.9 Å². The molecule has 4 heterocycles. The van der Waals surface area contributed by atoms with E-state index in [1.807, 2.05) is 18.3 Å². The highest BCUT2D eigenvalue weighted by atomic mass is 32.1. The van der Waals surface area contributed by atoms with Crippen LogP contribution in [0.1, 0.15) is 39.3 Å². The normalized spacial score (nSPS) is 15.6. The Hall–Kier alpha value is -3.11. The van der Waals surface area contributed by atoms with Crippen LogP contribution >= 0.6 is 11.3 Å². The number of hydrogen-bond acceptors (Lipinski definition) is 7. The summed E-state index contributed by atoms with van der Waals surface area (Å²) in [7, 11) is 4.11. The third-order valence-electron chi connectivity index (χ3n) is 6.40. The van der Waals surface area contributed by atoms with Crippen LogP contribution in [0.3, 0.4) is 0 Å². The molecule has 1 aliphatic heterocycles. The highest BCUT2D eigenvalue weighted by Crippen LogP contribution is 2.43. The summed E-state index contributed by atoms with van der Waals surface area (Å²) in [6, 6.07) is 11.6. The second-order valence-corrected chi connectivity index (χ2v) is 9.75. The molecule has 3 aromatic heterocycles. The van der Waals surface area contributed by atoms with E-state index in [-0.39, 0.29) is 5.41 Å². The molecule has 0 radical (unpaired) electrons. The number of carbonyl (C=O) groups is 1. The summed E-state index contributed by atoms with van der Waals surface area (Å²) in [5, 5.41) is 12.0. The molecule has 5 rings (SSSR count). The Labute approximate surface area is 201 Å². The van der Waals surface area contributed by atoms with Crippen molar-refractivity contribution in [3.8, 4) is 11.4 Å². The largest absolute Gasteiger partial charge is 0.381 e. The minimum Gasteiger partial charge on any atom is -0.381 e. The van der Waals surface area contributed by atoms with Gasteiger partial charge in [-0.15, -0.1) is 11.3 Å². The lowest BCUT2D eigenvalue weighted by Gasteiger charge is -2.36. The van der Waals surface area contributed by atoms with Gasteiger partial charge in [0.05, 0.1) is 23.0 Å². The number of imidazole rings is 1. The van der Waals surface area contributed by atoms with Gasteiger partial charge in [0, 0.05) is 36.9 Å². The molecule has 8 nitrogen and oxygen atoms in total.